The highest BCUT2D eigenvalue weighted by molar-refractivity contribution is 6.33. The molecule has 0 fully saturated rings. The second-order valence-electron chi connectivity index (χ2n) is 6.15. The van der Waals surface area contributed by atoms with Crippen molar-refractivity contribution in [1.82, 2.24) is 5.32 Å². The van der Waals surface area contributed by atoms with Crippen LogP contribution in [0.4, 0.5) is 11.4 Å². The average molecular weight is 450 g/mol. The first-order valence-electron chi connectivity index (χ1n) is 9.17. The van der Waals surface area contributed by atoms with E-state index in [1.807, 2.05) is 0 Å². The molecule has 0 bridgehead atoms. The summed E-state index contributed by atoms with van der Waals surface area (Å²) in [5.74, 6) is -1.77. The summed E-state index contributed by atoms with van der Waals surface area (Å²) in [5, 5.41) is 15.7. The number of hydrogen-bond acceptors (Lipinski definition) is 7. The van der Waals surface area contributed by atoms with Crippen LogP contribution in [0.25, 0.3) is 0 Å². The maximum absolute atomic E-state index is 12.3. The van der Waals surface area contributed by atoms with Gasteiger partial charge in [0.25, 0.3) is 17.5 Å². The minimum atomic E-state index is -1.24. The number of anilines is 1. The number of carbonyl (C=O) groups is 3. The average Bonchev–Trinajstić information content (AvgIpc) is 2.74. The Bertz CT molecular complexity index is 996. The van der Waals surface area contributed by atoms with Crippen molar-refractivity contribution in [1.29, 1.82) is 0 Å². The number of non-ortho nitro benzene ring substituents is 1. The number of ether oxygens (including phenoxy) is 2. The van der Waals surface area contributed by atoms with Gasteiger partial charge in [0.05, 0.1) is 27.8 Å². The van der Waals surface area contributed by atoms with Crippen LogP contribution in [-0.4, -0.2) is 42.0 Å². The van der Waals surface area contributed by atoms with Gasteiger partial charge in [-0.05, 0) is 32.0 Å². The van der Waals surface area contributed by atoms with Crippen molar-refractivity contribution in [3.8, 4) is 5.75 Å². The van der Waals surface area contributed by atoms with Crippen molar-refractivity contribution in [2.24, 2.45) is 0 Å². The van der Waals surface area contributed by atoms with Gasteiger partial charge < -0.3 is 20.1 Å². The molecule has 1 unspecified atom stereocenters. The van der Waals surface area contributed by atoms with Gasteiger partial charge in [-0.25, -0.2) is 0 Å². The molecule has 0 aliphatic heterocycles. The van der Waals surface area contributed by atoms with E-state index in [4.69, 9.17) is 21.1 Å². The normalized spacial score (nSPS) is 11.2. The number of nitrogens with zero attached hydrogens (tertiary/aromatic N) is 1. The molecule has 2 N–H and O–H groups in total. The number of nitro benzene ring substituents is 1. The lowest BCUT2D eigenvalue weighted by atomic mass is 10.2. The predicted molar refractivity (Wildman–Crippen MR) is 112 cm³/mol. The zero-order chi connectivity index (χ0) is 23.0. The Labute approximate surface area is 182 Å². The van der Waals surface area contributed by atoms with Gasteiger partial charge in [-0.2, -0.15) is 0 Å². The molecule has 0 radical (unpaired) electrons. The highest BCUT2D eigenvalue weighted by Crippen LogP contribution is 2.26. The molecule has 0 saturated heterocycles. The highest BCUT2D eigenvalue weighted by atomic mass is 35.5. The van der Waals surface area contributed by atoms with E-state index in [2.05, 4.69) is 10.6 Å². The summed E-state index contributed by atoms with van der Waals surface area (Å²) in [6.07, 6.45) is -1.24. The summed E-state index contributed by atoms with van der Waals surface area (Å²) < 4.78 is 10.4. The molecule has 2 aromatic carbocycles. The number of amides is 2. The minimum Gasteiger partial charge on any atom is -0.493 e. The van der Waals surface area contributed by atoms with Gasteiger partial charge in [-0.3, -0.25) is 24.5 Å². The Balaban J connectivity index is 1.91. The molecule has 1 atom stereocenters. The van der Waals surface area contributed by atoms with Crippen LogP contribution in [0.5, 0.6) is 5.75 Å². The van der Waals surface area contributed by atoms with Gasteiger partial charge in [-0.1, -0.05) is 23.7 Å². The Morgan fingerprint density at radius 2 is 1.90 bits per heavy atom. The Kier molecular flexibility index (Phi) is 8.33. The molecule has 0 aliphatic carbocycles. The van der Waals surface area contributed by atoms with Crippen LogP contribution in [0, 0.1) is 10.1 Å². The van der Waals surface area contributed by atoms with Crippen LogP contribution in [0.3, 0.4) is 0 Å². The van der Waals surface area contributed by atoms with Crippen LogP contribution >= 0.6 is 11.6 Å². The van der Waals surface area contributed by atoms with E-state index in [0.717, 1.165) is 6.07 Å². The molecule has 0 aliphatic rings. The zero-order valence-corrected chi connectivity index (χ0v) is 17.5. The van der Waals surface area contributed by atoms with Crippen molar-refractivity contribution in [2.75, 3.05) is 18.5 Å². The number of nitro groups is 1. The molecule has 2 amide bonds. The van der Waals surface area contributed by atoms with E-state index in [-0.39, 0.29) is 22.0 Å². The van der Waals surface area contributed by atoms with Crippen molar-refractivity contribution in [3.63, 3.8) is 0 Å². The Morgan fingerprint density at radius 3 is 2.58 bits per heavy atom. The second-order valence-corrected chi connectivity index (χ2v) is 6.56. The lowest BCUT2D eigenvalue weighted by Crippen LogP contribution is -2.36. The molecule has 0 aromatic heterocycles. The van der Waals surface area contributed by atoms with E-state index in [1.54, 1.807) is 31.2 Å². The van der Waals surface area contributed by atoms with E-state index < -0.39 is 35.4 Å². The molecular formula is C20H20ClN3O7. The van der Waals surface area contributed by atoms with Crippen molar-refractivity contribution in [3.05, 3.63) is 63.2 Å². The molecule has 10 nitrogen and oxygen atoms in total. The highest BCUT2D eigenvalue weighted by Gasteiger charge is 2.21. The van der Waals surface area contributed by atoms with E-state index in [9.17, 15) is 24.5 Å². The number of nitrogens with one attached hydrogen (secondary N) is 2. The topological polar surface area (TPSA) is 137 Å². The molecule has 0 heterocycles. The Hall–Kier alpha value is -3.66. The Morgan fingerprint density at radius 1 is 1.19 bits per heavy atom. The first-order valence-corrected chi connectivity index (χ1v) is 9.55. The summed E-state index contributed by atoms with van der Waals surface area (Å²) in [6.45, 7) is 2.98. The number of halogens is 1. The van der Waals surface area contributed by atoms with Gasteiger partial charge in [0.2, 0.25) is 0 Å². The van der Waals surface area contributed by atoms with Crippen LogP contribution in [0.2, 0.25) is 5.02 Å². The number of esters is 1. The fraction of sp³-hybridized carbons (Fsp3) is 0.250. The maximum Gasteiger partial charge on any atom is 0.326 e. The summed E-state index contributed by atoms with van der Waals surface area (Å²) >= 11 is 5.93. The van der Waals surface area contributed by atoms with Gasteiger partial charge in [0, 0.05) is 12.1 Å². The third-order valence-electron chi connectivity index (χ3n) is 3.92. The molecule has 0 spiro atoms. The lowest BCUT2D eigenvalue weighted by Gasteiger charge is -2.15. The first-order chi connectivity index (χ1) is 14.7. The summed E-state index contributed by atoms with van der Waals surface area (Å²) in [4.78, 5) is 46.7. The third-order valence-corrected chi connectivity index (χ3v) is 4.25. The smallest absolute Gasteiger partial charge is 0.326 e. The minimum absolute atomic E-state index is 0.00426. The number of carbonyl (C=O) groups excluding carboxylic acids is 3. The van der Waals surface area contributed by atoms with Crippen molar-refractivity contribution < 1.29 is 28.8 Å². The monoisotopic (exact) mass is 449 g/mol. The molecule has 164 valence electrons. The summed E-state index contributed by atoms with van der Waals surface area (Å²) in [5.41, 5.74) is -0.00718. The number of hydrogen-bond donors (Lipinski definition) is 2. The lowest BCUT2D eigenvalue weighted by molar-refractivity contribution is -0.384. The maximum atomic E-state index is 12.3. The van der Waals surface area contributed by atoms with Gasteiger partial charge in [-0.15, -0.1) is 0 Å². The molecule has 2 rings (SSSR count). The fourth-order valence-corrected chi connectivity index (χ4v) is 2.60. The first kappa shape index (κ1) is 23.6. The van der Waals surface area contributed by atoms with Gasteiger partial charge in [0.1, 0.15) is 12.3 Å². The zero-order valence-electron chi connectivity index (χ0n) is 16.7. The van der Waals surface area contributed by atoms with Crippen molar-refractivity contribution in [2.45, 2.75) is 20.0 Å². The van der Waals surface area contributed by atoms with Crippen molar-refractivity contribution >= 4 is 40.8 Å². The van der Waals surface area contributed by atoms with E-state index in [0.29, 0.717) is 12.4 Å². The molecule has 2 aromatic rings. The molecule has 0 saturated carbocycles. The van der Waals surface area contributed by atoms with Gasteiger partial charge in [0.15, 0.2) is 6.10 Å². The number of benzene rings is 2. The number of para-hydroxylation sites is 1. The third kappa shape index (κ3) is 6.68. The van der Waals surface area contributed by atoms with E-state index in [1.165, 1.54) is 19.1 Å². The molecule has 31 heavy (non-hydrogen) atoms. The SMILES string of the molecule is CCOc1ccccc1C(=O)NCC(=O)OC(C)C(=O)Nc1cc([N+](=O)[O-])ccc1Cl. The van der Waals surface area contributed by atoms with E-state index >= 15 is 0 Å². The largest absolute Gasteiger partial charge is 0.493 e. The fourth-order valence-electron chi connectivity index (χ4n) is 2.43. The summed E-state index contributed by atoms with van der Waals surface area (Å²) in [6, 6.07) is 10.1. The predicted octanol–water partition coefficient (Wildman–Crippen LogP) is 2.95. The quantitative estimate of drug-likeness (QED) is 0.341. The summed E-state index contributed by atoms with van der Waals surface area (Å²) in [7, 11) is 0. The van der Waals surface area contributed by atoms with Crippen LogP contribution in [-0.2, 0) is 14.3 Å². The van der Waals surface area contributed by atoms with Crippen LogP contribution in [0.15, 0.2) is 42.5 Å². The number of rotatable bonds is 9. The van der Waals surface area contributed by atoms with Crippen LogP contribution < -0.4 is 15.4 Å². The molecule has 11 heteroatoms. The second kappa shape index (κ2) is 10.9. The van der Waals surface area contributed by atoms with Gasteiger partial charge >= 0.3 is 5.97 Å². The molecular weight excluding hydrogens is 430 g/mol. The van der Waals surface area contributed by atoms with Crippen LogP contribution in [0.1, 0.15) is 24.2 Å². The standard InChI is InChI=1S/C20H20ClN3O7/c1-3-30-17-7-5-4-6-14(17)20(27)22-11-18(25)31-12(2)19(26)23-16-10-13(24(28)29)8-9-15(16)21/h4-10,12H,3,11H2,1-2H3,(H,22,27)(H,23,26).